The van der Waals surface area contributed by atoms with Crippen LogP contribution in [0.5, 0.6) is 0 Å². The van der Waals surface area contributed by atoms with Crippen LogP contribution in [0.15, 0.2) is 0 Å². The van der Waals surface area contributed by atoms with Crippen LogP contribution in [0.3, 0.4) is 0 Å². The second-order valence-electron chi connectivity index (χ2n) is 0.803. The standard InChI is InChI=1S/2CH4O2S.Ca/c2*1-4(2)3;/h2*1H3,(H,2,3);/q;;+2/p-2. The predicted molar refractivity (Wildman–Crippen MR) is 35.4 cm³/mol. The van der Waals surface area contributed by atoms with Gasteiger partial charge in [0.1, 0.15) is 0 Å². The fraction of sp³-hybridized carbons (Fsp3) is 1.00. The van der Waals surface area contributed by atoms with Gasteiger partial charge in [-0.15, -0.1) is 0 Å². The molecule has 0 aromatic rings. The first-order valence-corrected chi connectivity index (χ1v) is 4.45. The summed E-state index contributed by atoms with van der Waals surface area (Å²) in [6.45, 7) is 0. The molecule has 0 N–H and O–H groups in total. The van der Waals surface area contributed by atoms with Gasteiger partial charge in [0, 0.05) is 0 Å². The van der Waals surface area contributed by atoms with Crippen LogP contribution in [0.2, 0.25) is 0 Å². The summed E-state index contributed by atoms with van der Waals surface area (Å²) in [4.78, 5) is 0. The molecular formula is C2H6CaO4S2. The molecule has 0 aromatic heterocycles. The second-order valence-corrected chi connectivity index (χ2v) is 2.41. The Morgan fingerprint density at radius 1 is 1.00 bits per heavy atom. The summed E-state index contributed by atoms with van der Waals surface area (Å²) in [6, 6.07) is 0. The van der Waals surface area contributed by atoms with Crippen molar-refractivity contribution in [3.63, 3.8) is 0 Å². The van der Waals surface area contributed by atoms with Gasteiger partial charge in [0.2, 0.25) is 0 Å². The summed E-state index contributed by atoms with van der Waals surface area (Å²) < 4.78 is 36.0. The van der Waals surface area contributed by atoms with E-state index in [-0.39, 0.29) is 37.7 Å². The topological polar surface area (TPSA) is 80.3 Å². The van der Waals surface area contributed by atoms with E-state index in [0.29, 0.717) is 0 Å². The fourth-order valence-electron chi connectivity index (χ4n) is 0. The van der Waals surface area contributed by atoms with E-state index in [9.17, 15) is 0 Å². The molecule has 0 bridgehead atoms. The zero-order chi connectivity index (χ0) is 7.15. The van der Waals surface area contributed by atoms with Gasteiger partial charge in [-0.1, -0.05) is 22.2 Å². The Balaban J connectivity index is -0.0000000720. The molecule has 0 heterocycles. The zero-order valence-corrected chi connectivity index (χ0v) is 9.00. The molecule has 0 aliphatic heterocycles. The molecule has 0 saturated carbocycles. The van der Waals surface area contributed by atoms with Crippen molar-refractivity contribution in [2.24, 2.45) is 0 Å². The Morgan fingerprint density at radius 2 is 1.00 bits per heavy atom. The molecule has 0 aliphatic carbocycles. The molecule has 0 spiro atoms. The molecule has 2 unspecified atom stereocenters. The van der Waals surface area contributed by atoms with Crippen LogP contribution in [0.4, 0.5) is 0 Å². The van der Waals surface area contributed by atoms with Gasteiger partial charge < -0.3 is 9.11 Å². The van der Waals surface area contributed by atoms with Crippen molar-refractivity contribution in [2.45, 2.75) is 0 Å². The van der Waals surface area contributed by atoms with Crippen LogP contribution in [0.1, 0.15) is 0 Å². The van der Waals surface area contributed by atoms with E-state index in [1.165, 1.54) is 0 Å². The Morgan fingerprint density at radius 3 is 1.00 bits per heavy atom. The Kier molecular flexibility index (Phi) is 22.8. The molecule has 7 heteroatoms. The van der Waals surface area contributed by atoms with Crippen LogP contribution in [-0.2, 0) is 22.2 Å². The first-order chi connectivity index (χ1) is 3.46. The summed E-state index contributed by atoms with van der Waals surface area (Å²) in [5.41, 5.74) is 0. The first kappa shape index (κ1) is 16.8. The minimum atomic E-state index is -1.86. The van der Waals surface area contributed by atoms with Crippen molar-refractivity contribution in [2.75, 3.05) is 12.5 Å². The maximum Gasteiger partial charge on any atom is 2.00 e. The van der Waals surface area contributed by atoms with Crippen molar-refractivity contribution in [1.82, 2.24) is 0 Å². The molecule has 0 rings (SSSR count). The van der Waals surface area contributed by atoms with Gasteiger partial charge in [-0.2, -0.15) is 0 Å². The van der Waals surface area contributed by atoms with Crippen molar-refractivity contribution >= 4 is 59.9 Å². The van der Waals surface area contributed by atoms with Crippen molar-refractivity contribution in [3.8, 4) is 0 Å². The molecular weight excluding hydrogens is 192 g/mol. The van der Waals surface area contributed by atoms with Crippen molar-refractivity contribution in [1.29, 1.82) is 0 Å². The normalized spacial score (nSPS) is 13.8. The van der Waals surface area contributed by atoms with Crippen LogP contribution >= 0.6 is 0 Å². The zero-order valence-electron chi connectivity index (χ0n) is 5.16. The van der Waals surface area contributed by atoms with E-state index in [2.05, 4.69) is 0 Å². The van der Waals surface area contributed by atoms with Gasteiger partial charge in [-0.3, -0.25) is 8.42 Å². The third-order valence-corrected chi connectivity index (χ3v) is 0. The van der Waals surface area contributed by atoms with Crippen molar-refractivity contribution in [3.05, 3.63) is 0 Å². The molecule has 0 aromatic carbocycles. The van der Waals surface area contributed by atoms with E-state index in [1.54, 1.807) is 0 Å². The maximum absolute atomic E-state index is 9.00. The second kappa shape index (κ2) is 12.2. The molecule has 0 fully saturated rings. The molecule has 0 aliphatic rings. The largest absolute Gasteiger partial charge is 2.00 e. The van der Waals surface area contributed by atoms with E-state index in [0.717, 1.165) is 12.5 Å². The van der Waals surface area contributed by atoms with E-state index in [4.69, 9.17) is 17.5 Å². The number of rotatable bonds is 0. The predicted octanol–water partition coefficient (Wildman–Crippen LogP) is -1.39. The average molecular weight is 198 g/mol. The Hall–Kier alpha value is 1.48. The summed E-state index contributed by atoms with van der Waals surface area (Å²) in [5.74, 6) is 0. The Labute approximate surface area is 89.0 Å². The van der Waals surface area contributed by atoms with Crippen LogP contribution in [0.25, 0.3) is 0 Å². The molecule has 0 radical (unpaired) electrons. The summed E-state index contributed by atoms with van der Waals surface area (Å²) in [6.07, 6.45) is 2.17. The summed E-state index contributed by atoms with van der Waals surface area (Å²) >= 11 is -3.72. The van der Waals surface area contributed by atoms with Crippen molar-refractivity contribution < 1.29 is 17.5 Å². The minimum absolute atomic E-state index is 0. The van der Waals surface area contributed by atoms with Gasteiger partial charge >= 0.3 is 37.7 Å². The van der Waals surface area contributed by atoms with E-state index < -0.39 is 22.2 Å². The number of hydrogen-bond donors (Lipinski definition) is 0. The average Bonchev–Trinajstić information content (AvgIpc) is 1.25. The molecule has 0 amide bonds. The number of hydrogen-bond acceptors (Lipinski definition) is 4. The monoisotopic (exact) mass is 198 g/mol. The van der Waals surface area contributed by atoms with Gasteiger partial charge in [0.05, 0.1) is 0 Å². The smallest absolute Gasteiger partial charge is 0.773 e. The molecule has 2 atom stereocenters. The first-order valence-electron chi connectivity index (χ1n) is 1.48. The van der Waals surface area contributed by atoms with Crippen LogP contribution in [0, 0.1) is 0 Å². The molecule has 9 heavy (non-hydrogen) atoms. The summed E-state index contributed by atoms with van der Waals surface area (Å²) in [5, 5.41) is 0. The molecule has 52 valence electrons. The van der Waals surface area contributed by atoms with Gasteiger partial charge in [-0.05, 0) is 12.5 Å². The van der Waals surface area contributed by atoms with Crippen LogP contribution in [-0.4, -0.2) is 67.8 Å². The maximum atomic E-state index is 9.00. The summed E-state index contributed by atoms with van der Waals surface area (Å²) in [7, 11) is 0. The molecule has 4 nitrogen and oxygen atoms in total. The third-order valence-electron chi connectivity index (χ3n) is 0. The Bertz CT molecular complexity index is 74.6. The van der Waals surface area contributed by atoms with E-state index >= 15 is 0 Å². The minimum Gasteiger partial charge on any atom is -0.773 e. The van der Waals surface area contributed by atoms with Gasteiger partial charge in [0.15, 0.2) is 0 Å². The quantitative estimate of drug-likeness (QED) is 0.354. The SMILES string of the molecule is CS(=O)[O-].CS(=O)[O-].[Ca+2]. The van der Waals surface area contributed by atoms with Crippen LogP contribution < -0.4 is 0 Å². The van der Waals surface area contributed by atoms with Gasteiger partial charge in [0.25, 0.3) is 0 Å². The van der Waals surface area contributed by atoms with E-state index in [1.807, 2.05) is 0 Å². The van der Waals surface area contributed by atoms with Gasteiger partial charge in [-0.25, -0.2) is 0 Å². The fourth-order valence-corrected chi connectivity index (χ4v) is 0. The third kappa shape index (κ3) is 242. The molecule has 0 saturated heterocycles.